The van der Waals surface area contributed by atoms with Crippen molar-refractivity contribution in [1.82, 2.24) is 15.0 Å². The molecule has 8 nitrogen and oxygen atoms in total. The number of hydrogen-bond donors (Lipinski definition) is 2. The van der Waals surface area contributed by atoms with Gasteiger partial charge in [0, 0.05) is 19.3 Å². The Balaban J connectivity index is 2.14. The van der Waals surface area contributed by atoms with Gasteiger partial charge in [0.2, 0.25) is 11.8 Å². The average molecular weight is 377 g/mol. The highest BCUT2D eigenvalue weighted by molar-refractivity contribution is 7.90. The minimum absolute atomic E-state index is 0.117. The van der Waals surface area contributed by atoms with Crippen LogP contribution < -0.4 is 14.8 Å². The van der Waals surface area contributed by atoms with Crippen LogP contribution in [-0.2, 0) is 19.6 Å². The number of ether oxygens (including phenoxy) is 1. The van der Waals surface area contributed by atoms with Gasteiger partial charge in [0.1, 0.15) is 10.6 Å². The van der Waals surface area contributed by atoms with E-state index in [2.05, 4.69) is 10.3 Å². The van der Waals surface area contributed by atoms with Crippen LogP contribution in [0.3, 0.4) is 0 Å². The van der Waals surface area contributed by atoms with E-state index in [9.17, 15) is 18.0 Å². The first-order valence-electron chi connectivity index (χ1n) is 7.68. The largest absolute Gasteiger partial charge is 0.497 e. The Morgan fingerprint density at radius 3 is 2.42 bits per heavy atom. The Bertz CT molecular complexity index is 867. The van der Waals surface area contributed by atoms with Gasteiger partial charge in [-0.25, -0.2) is 13.1 Å². The summed E-state index contributed by atoms with van der Waals surface area (Å²) in [5, 5.41) is 2.64. The van der Waals surface area contributed by atoms with Crippen molar-refractivity contribution in [2.45, 2.75) is 24.3 Å². The number of methoxy groups -OCH3 is 1. The van der Waals surface area contributed by atoms with E-state index in [1.54, 1.807) is 24.3 Å². The van der Waals surface area contributed by atoms with Crippen molar-refractivity contribution in [3.05, 3.63) is 54.4 Å². The lowest BCUT2D eigenvalue weighted by Gasteiger charge is -2.18. The third-order valence-electron chi connectivity index (χ3n) is 3.48. The highest BCUT2D eigenvalue weighted by atomic mass is 32.2. The molecule has 2 rings (SSSR count). The molecule has 0 unspecified atom stereocenters. The number of rotatable bonds is 7. The van der Waals surface area contributed by atoms with Gasteiger partial charge < -0.3 is 10.1 Å². The van der Waals surface area contributed by atoms with Gasteiger partial charge in [0.15, 0.2) is 0 Å². The Hall–Kier alpha value is -2.94. The van der Waals surface area contributed by atoms with Crippen LogP contribution in [-0.4, -0.2) is 32.3 Å². The zero-order valence-electron chi connectivity index (χ0n) is 14.3. The molecule has 9 heteroatoms. The monoisotopic (exact) mass is 377 g/mol. The van der Waals surface area contributed by atoms with Crippen LogP contribution in [0, 0.1) is 0 Å². The lowest BCUT2D eigenvalue weighted by atomic mass is 10.0. The summed E-state index contributed by atoms with van der Waals surface area (Å²) in [6.45, 7) is 1.32. The second kappa shape index (κ2) is 8.43. The summed E-state index contributed by atoms with van der Waals surface area (Å²) in [5.41, 5.74) is 0.648. The Labute approximate surface area is 151 Å². The third kappa shape index (κ3) is 5.28. The van der Waals surface area contributed by atoms with Gasteiger partial charge in [-0.3, -0.25) is 14.6 Å². The maximum absolute atomic E-state index is 12.2. The van der Waals surface area contributed by atoms with Crippen molar-refractivity contribution < 1.29 is 22.7 Å². The maximum Gasteiger partial charge on any atom is 0.265 e. The van der Waals surface area contributed by atoms with Gasteiger partial charge in [-0.1, -0.05) is 12.1 Å². The predicted octanol–water partition coefficient (Wildman–Crippen LogP) is 1.16. The highest BCUT2D eigenvalue weighted by Crippen LogP contribution is 2.20. The molecule has 2 N–H and O–H groups in total. The number of sulfonamides is 1. The number of pyridine rings is 1. The molecule has 2 aromatic rings. The summed E-state index contributed by atoms with van der Waals surface area (Å²) in [7, 11) is -2.50. The molecule has 0 saturated heterocycles. The minimum Gasteiger partial charge on any atom is -0.497 e. The fourth-order valence-corrected chi connectivity index (χ4v) is 3.23. The van der Waals surface area contributed by atoms with Crippen molar-refractivity contribution >= 4 is 21.8 Å². The molecule has 26 heavy (non-hydrogen) atoms. The lowest BCUT2D eigenvalue weighted by Crippen LogP contribution is -2.35. The van der Waals surface area contributed by atoms with Gasteiger partial charge in [-0.2, -0.15) is 0 Å². The number of amides is 2. The van der Waals surface area contributed by atoms with E-state index in [1.165, 1.54) is 32.4 Å². The number of nitrogens with zero attached hydrogens (tertiary/aromatic N) is 1. The fraction of sp³-hybridized carbons (Fsp3) is 0.235. The topological polar surface area (TPSA) is 114 Å². The molecule has 1 heterocycles. The van der Waals surface area contributed by atoms with Crippen LogP contribution >= 0.6 is 0 Å². The van der Waals surface area contributed by atoms with Crippen molar-refractivity contribution in [1.29, 1.82) is 0 Å². The molecule has 0 bridgehead atoms. The van der Waals surface area contributed by atoms with E-state index in [-0.39, 0.29) is 17.2 Å². The number of benzene rings is 1. The molecular formula is C17H19N3O5S. The Morgan fingerprint density at radius 2 is 1.88 bits per heavy atom. The molecule has 0 fully saturated rings. The van der Waals surface area contributed by atoms with Gasteiger partial charge in [0.25, 0.3) is 10.0 Å². The number of hydrogen-bond acceptors (Lipinski definition) is 6. The molecule has 0 spiro atoms. The van der Waals surface area contributed by atoms with E-state index in [1.807, 2.05) is 4.72 Å². The summed E-state index contributed by atoms with van der Waals surface area (Å²) < 4.78 is 31.4. The summed E-state index contributed by atoms with van der Waals surface area (Å²) in [6.07, 6.45) is 2.33. The van der Waals surface area contributed by atoms with Crippen LogP contribution in [0.4, 0.5) is 0 Å². The van der Waals surface area contributed by atoms with Crippen LogP contribution in [0.5, 0.6) is 5.75 Å². The summed E-state index contributed by atoms with van der Waals surface area (Å²) >= 11 is 0. The van der Waals surface area contributed by atoms with E-state index in [0.717, 1.165) is 6.20 Å². The SMILES string of the molecule is COc1ccc([C@H](CC(=O)NS(=O)(=O)c2cccnc2)NC(C)=O)cc1. The molecule has 0 aliphatic carbocycles. The molecule has 0 aliphatic rings. The molecule has 1 atom stereocenters. The van der Waals surface area contributed by atoms with Crippen molar-refractivity contribution in [2.75, 3.05) is 7.11 Å². The smallest absolute Gasteiger partial charge is 0.265 e. The first-order valence-corrected chi connectivity index (χ1v) is 9.17. The van der Waals surface area contributed by atoms with E-state index >= 15 is 0 Å². The summed E-state index contributed by atoms with van der Waals surface area (Å²) in [4.78, 5) is 27.3. The number of carbonyl (C=O) groups is 2. The van der Waals surface area contributed by atoms with Crippen LogP contribution in [0.2, 0.25) is 0 Å². The second-order valence-corrected chi connectivity index (χ2v) is 7.13. The van der Waals surface area contributed by atoms with Crippen LogP contribution in [0.15, 0.2) is 53.7 Å². The highest BCUT2D eigenvalue weighted by Gasteiger charge is 2.22. The molecular weight excluding hydrogens is 358 g/mol. The standard InChI is InChI=1S/C17H19N3O5S/c1-12(21)19-16(13-5-7-14(25-2)8-6-13)10-17(22)20-26(23,24)15-4-3-9-18-11-15/h3-9,11,16H,10H2,1-2H3,(H,19,21)(H,20,22)/t16-/m0/s1. The van der Waals surface area contributed by atoms with Crippen LogP contribution in [0.1, 0.15) is 24.9 Å². The van der Waals surface area contributed by atoms with Crippen LogP contribution in [0.25, 0.3) is 0 Å². The number of carbonyl (C=O) groups excluding carboxylic acids is 2. The average Bonchev–Trinajstić information content (AvgIpc) is 2.61. The third-order valence-corrected chi connectivity index (χ3v) is 4.84. The Morgan fingerprint density at radius 1 is 1.19 bits per heavy atom. The summed E-state index contributed by atoms with van der Waals surface area (Å²) in [5.74, 6) is -0.462. The number of nitrogens with one attached hydrogen (secondary N) is 2. The van der Waals surface area contributed by atoms with Crippen molar-refractivity contribution in [3.63, 3.8) is 0 Å². The normalized spacial score (nSPS) is 12.1. The first-order chi connectivity index (χ1) is 12.3. The molecule has 0 saturated carbocycles. The Kier molecular flexibility index (Phi) is 6.29. The van der Waals surface area contributed by atoms with Crippen molar-refractivity contribution in [2.24, 2.45) is 0 Å². The molecule has 1 aromatic carbocycles. The molecule has 138 valence electrons. The zero-order chi connectivity index (χ0) is 19.2. The van der Waals surface area contributed by atoms with E-state index in [4.69, 9.17) is 4.74 Å². The van der Waals surface area contributed by atoms with Gasteiger partial charge in [0.05, 0.1) is 19.6 Å². The number of aromatic nitrogens is 1. The van der Waals surface area contributed by atoms with Gasteiger partial charge in [-0.15, -0.1) is 0 Å². The molecule has 0 radical (unpaired) electrons. The van der Waals surface area contributed by atoms with Gasteiger partial charge in [-0.05, 0) is 29.8 Å². The van der Waals surface area contributed by atoms with Crippen molar-refractivity contribution in [3.8, 4) is 5.75 Å². The van der Waals surface area contributed by atoms with E-state index in [0.29, 0.717) is 11.3 Å². The van der Waals surface area contributed by atoms with Gasteiger partial charge >= 0.3 is 0 Å². The fourth-order valence-electron chi connectivity index (χ4n) is 2.28. The summed E-state index contributed by atoms with van der Waals surface area (Å²) in [6, 6.07) is 8.88. The predicted molar refractivity (Wildman–Crippen MR) is 93.7 cm³/mol. The second-order valence-electron chi connectivity index (χ2n) is 5.45. The minimum atomic E-state index is -4.02. The quantitative estimate of drug-likeness (QED) is 0.748. The lowest BCUT2D eigenvalue weighted by molar-refractivity contribution is -0.121. The molecule has 0 aliphatic heterocycles. The maximum atomic E-state index is 12.2. The molecule has 2 amide bonds. The zero-order valence-corrected chi connectivity index (χ0v) is 15.1. The van der Waals surface area contributed by atoms with E-state index < -0.39 is 22.0 Å². The first kappa shape index (κ1) is 19.4. The molecule has 1 aromatic heterocycles.